The molecule has 0 aliphatic rings. The molecule has 1 N–H and O–H groups in total. The molecule has 0 saturated heterocycles. The fraction of sp³-hybridized carbons (Fsp3) is 0.462. The van der Waals surface area contributed by atoms with Crippen molar-refractivity contribution in [3.05, 3.63) is 29.8 Å². The predicted molar refractivity (Wildman–Crippen MR) is 73.2 cm³/mol. The number of sulfone groups is 1. The van der Waals surface area contributed by atoms with Crippen LogP contribution in [0.5, 0.6) is 5.75 Å². The average molecular weight is 302 g/mol. The first-order valence-corrected chi connectivity index (χ1v) is 7.88. The lowest BCUT2D eigenvalue weighted by Crippen LogP contribution is -2.24. The lowest BCUT2D eigenvalue weighted by molar-refractivity contribution is -0.139. The van der Waals surface area contributed by atoms with Gasteiger partial charge in [0.2, 0.25) is 0 Å². The molecule has 0 fully saturated rings. The molecule has 0 aliphatic heterocycles. The average Bonchev–Trinajstić information content (AvgIpc) is 2.37. The normalized spacial score (nSPS) is 12.8. The van der Waals surface area contributed by atoms with Crippen LogP contribution >= 0.6 is 0 Å². The van der Waals surface area contributed by atoms with Crippen molar-refractivity contribution < 1.29 is 27.8 Å². The number of aliphatic hydroxyl groups is 1. The lowest BCUT2D eigenvalue weighted by atomic mass is 10.1. The van der Waals surface area contributed by atoms with Crippen LogP contribution < -0.4 is 4.74 Å². The summed E-state index contributed by atoms with van der Waals surface area (Å²) in [5.41, 5.74) is 0.443. The van der Waals surface area contributed by atoms with E-state index in [9.17, 15) is 18.3 Å². The second-order valence-corrected chi connectivity index (χ2v) is 6.26. The molecule has 0 amide bonds. The number of benzene rings is 1. The standard InChI is InChI=1S/C13H18O6S/c1-3-19-13(15)9-20(16,17)8-12(14)10-4-6-11(18-2)7-5-10/h4-7,12,14H,3,8-9H2,1-2H3/t12-/m1/s1. The molecular weight excluding hydrogens is 284 g/mol. The van der Waals surface area contributed by atoms with Crippen molar-refractivity contribution in [2.45, 2.75) is 13.0 Å². The Labute approximate surface area is 118 Å². The summed E-state index contributed by atoms with van der Waals surface area (Å²) in [6, 6.07) is 6.39. The fourth-order valence-electron chi connectivity index (χ4n) is 1.60. The molecule has 20 heavy (non-hydrogen) atoms. The number of hydrogen-bond acceptors (Lipinski definition) is 6. The zero-order valence-corrected chi connectivity index (χ0v) is 12.2. The van der Waals surface area contributed by atoms with Crippen LogP contribution in [0.2, 0.25) is 0 Å². The van der Waals surface area contributed by atoms with Crippen molar-refractivity contribution in [2.24, 2.45) is 0 Å². The van der Waals surface area contributed by atoms with E-state index in [4.69, 9.17) is 4.74 Å². The quantitative estimate of drug-likeness (QED) is 0.746. The van der Waals surface area contributed by atoms with Crippen LogP contribution in [-0.2, 0) is 19.4 Å². The highest BCUT2D eigenvalue weighted by Gasteiger charge is 2.22. The summed E-state index contributed by atoms with van der Waals surface area (Å²) >= 11 is 0. The van der Waals surface area contributed by atoms with Crippen LogP contribution in [0.4, 0.5) is 0 Å². The summed E-state index contributed by atoms with van der Waals surface area (Å²) in [5.74, 6) is -1.46. The first kappa shape index (κ1) is 16.5. The van der Waals surface area contributed by atoms with Gasteiger partial charge in [0.25, 0.3) is 0 Å². The summed E-state index contributed by atoms with van der Waals surface area (Å²) in [6.07, 6.45) is -1.19. The van der Waals surface area contributed by atoms with E-state index < -0.39 is 33.4 Å². The number of carbonyl (C=O) groups is 1. The maximum absolute atomic E-state index is 11.7. The van der Waals surface area contributed by atoms with Crippen LogP contribution in [-0.4, -0.2) is 44.7 Å². The van der Waals surface area contributed by atoms with E-state index in [1.54, 1.807) is 31.2 Å². The maximum atomic E-state index is 11.7. The Hall–Kier alpha value is -1.60. The maximum Gasteiger partial charge on any atom is 0.321 e. The molecule has 0 saturated carbocycles. The molecule has 0 aliphatic carbocycles. The van der Waals surface area contributed by atoms with Crippen LogP contribution in [0.25, 0.3) is 0 Å². The van der Waals surface area contributed by atoms with Gasteiger partial charge < -0.3 is 14.6 Å². The summed E-state index contributed by atoms with van der Waals surface area (Å²) in [6.45, 7) is 1.71. The molecule has 1 aromatic rings. The number of carbonyl (C=O) groups excluding carboxylic acids is 1. The Balaban J connectivity index is 2.68. The van der Waals surface area contributed by atoms with Crippen molar-refractivity contribution in [3.8, 4) is 5.75 Å². The molecule has 0 bridgehead atoms. The van der Waals surface area contributed by atoms with E-state index in [0.29, 0.717) is 11.3 Å². The first-order valence-electron chi connectivity index (χ1n) is 6.06. The van der Waals surface area contributed by atoms with Crippen LogP contribution in [0.3, 0.4) is 0 Å². The van der Waals surface area contributed by atoms with Gasteiger partial charge in [-0.3, -0.25) is 4.79 Å². The number of rotatable bonds is 7. The number of methoxy groups -OCH3 is 1. The molecule has 1 atom stereocenters. The van der Waals surface area contributed by atoms with E-state index in [1.807, 2.05) is 0 Å². The number of esters is 1. The smallest absolute Gasteiger partial charge is 0.321 e. The van der Waals surface area contributed by atoms with E-state index in [2.05, 4.69) is 4.74 Å². The van der Waals surface area contributed by atoms with Crippen molar-refractivity contribution in [3.63, 3.8) is 0 Å². The van der Waals surface area contributed by atoms with Crippen LogP contribution in [0.1, 0.15) is 18.6 Å². The third-order valence-electron chi connectivity index (χ3n) is 2.56. The summed E-state index contributed by atoms with van der Waals surface area (Å²) in [5, 5.41) is 9.89. The molecule has 1 aromatic carbocycles. The topological polar surface area (TPSA) is 89.9 Å². The zero-order valence-electron chi connectivity index (χ0n) is 11.4. The molecule has 6 nitrogen and oxygen atoms in total. The second kappa shape index (κ2) is 7.25. The minimum Gasteiger partial charge on any atom is -0.497 e. The monoisotopic (exact) mass is 302 g/mol. The minimum absolute atomic E-state index is 0.120. The largest absolute Gasteiger partial charge is 0.497 e. The van der Waals surface area contributed by atoms with Crippen molar-refractivity contribution >= 4 is 15.8 Å². The summed E-state index contributed by atoms with van der Waals surface area (Å²) < 4.78 is 33.0. The molecule has 7 heteroatoms. The van der Waals surface area contributed by atoms with Crippen molar-refractivity contribution in [1.82, 2.24) is 0 Å². The summed E-state index contributed by atoms with van der Waals surface area (Å²) in [4.78, 5) is 11.2. The molecule has 0 heterocycles. The van der Waals surface area contributed by atoms with Crippen LogP contribution in [0.15, 0.2) is 24.3 Å². The minimum atomic E-state index is -3.72. The van der Waals surface area contributed by atoms with Gasteiger partial charge in [-0.2, -0.15) is 0 Å². The van der Waals surface area contributed by atoms with E-state index in [1.165, 1.54) is 7.11 Å². The van der Waals surface area contributed by atoms with Gasteiger partial charge in [0.15, 0.2) is 9.84 Å². The molecule has 0 unspecified atom stereocenters. The van der Waals surface area contributed by atoms with E-state index in [0.717, 1.165) is 0 Å². The molecule has 1 rings (SSSR count). The van der Waals surface area contributed by atoms with Gasteiger partial charge >= 0.3 is 5.97 Å². The Morgan fingerprint density at radius 1 is 1.30 bits per heavy atom. The Bertz CT molecular complexity index is 534. The van der Waals surface area contributed by atoms with Crippen molar-refractivity contribution in [2.75, 3.05) is 25.2 Å². The Morgan fingerprint density at radius 3 is 2.40 bits per heavy atom. The van der Waals surface area contributed by atoms with E-state index in [-0.39, 0.29) is 6.61 Å². The second-order valence-electron chi connectivity index (χ2n) is 4.15. The van der Waals surface area contributed by atoms with E-state index >= 15 is 0 Å². The fourth-order valence-corrected chi connectivity index (χ4v) is 2.84. The lowest BCUT2D eigenvalue weighted by Gasteiger charge is -2.12. The number of aliphatic hydroxyl groups excluding tert-OH is 1. The highest BCUT2D eigenvalue weighted by molar-refractivity contribution is 7.92. The zero-order chi connectivity index (χ0) is 15.2. The Morgan fingerprint density at radius 2 is 1.90 bits per heavy atom. The van der Waals surface area contributed by atoms with Gasteiger partial charge in [0, 0.05) is 0 Å². The number of hydrogen-bond donors (Lipinski definition) is 1. The third-order valence-corrected chi connectivity index (χ3v) is 4.05. The van der Waals surface area contributed by atoms with Crippen molar-refractivity contribution in [1.29, 1.82) is 0 Å². The van der Waals surface area contributed by atoms with Crippen LogP contribution in [0, 0.1) is 0 Å². The van der Waals surface area contributed by atoms with Gasteiger partial charge in [-0.25, -0.2) is 8.42 Å². The van der Waals surface area contributed by atoms with Gasteiger partial charge in [0.05, 0.1) is 25.6 Å². The third kappa shape index (κ3) is 5.18. The van der Waals surface area contributed by atoms with Gasteiger partial charge in [-0.05, 0) is 24.6 Å². The van der Waals surface area contributed by atoms with Gasteiger partial charge in [-0.1, -0.05) is 12.1 Å². The molecule has 0 spiro atoms. The first-order chi connectivity index (χ1) is 9.38. The predicted octanol–water partition coefficient (Wildman–Crippen LogP) is 0.706. The van der Waals surface area contributed by atoms with Gasteiger partial charge in [-0.15, -0.1) is 0 Å². The molecular formula is C13H18O6S. The summed E-state index contributed by atoms with van der Waals surface area (Å²) in [7, 11) is -2.21. The number of ether oxygens (including phenoxy) is 2. The molecule has 0 aromatic heterocycles. The van der Waals surface area contributed by atoms with Gasteiger partial charge in [0.1, 0.15) is 11.5 Å². The highest BCUT2D eigenvalue weighted by atomic mass is 32.2. The highest BCUT2D eigenvalue weighted by Crippen LogP contribution is 2.19. The Kier molecular flexibility index (Phi) is 5.97. The molecule has 112 valence electrons. The molecule has 0 radical (unpaired) electrons. The SMILES string of the molecule is CCOC(=O)CS(=O)(=O)C[C@@H](O)c1ccc(OC)cc1.